The lowest BCUT2D eigenvalue weighted by Crippen LogP contribution is -2.43. The van der Waals surface area contributed by atoms with Crippen LogP contribution in [0.25, 0.3) is 0 Å². The Morgan fingerprint density at radius 1 is 1.08 bits per heavy atom. The third-order valence-electron chi connectivity index (χ3n) is 4.94. The molecule has 0 atom stereocenters. The van der Waals surface area contributed by atoms with Gasteiger partial charge in [0.05, 0.1) is 19.8 Å². The van der Waals surface area contributed by atoms with Gasteiger partial charge in [0.2, 0.25) is 5.91 Å². The molecule has 2 saturated heterocycles. The van der Waals surface area contributed by atoms with Crippen LogP contribution < -0.4 is 4.74 Å². The summed E-state index contributed by atoms with van der Waals surface area (Å²) in [5, 5.41) is 0. The van der Waals surface area contributed by atoms with Gasteiger partial charge in [0.1, 0.15) is 5.75 Å². The number of carbonyl (C=O) groups excluding carboxylic acids is 1. The van der Waals surface area contributed by atoms with E-state index in [1.54, 1.807) is 0 Å². The van der Waals surface area contributed by atoms with E-state index in [9.17, 15) is 4.79 Å². The fourth-order valence-corrected chi connectivity index (χ4v) is 3.33. The van der Waals surface area contributed by atoms with Gasteiger partial charge in [0.15, 0.2) is 0 Å². The van der Waals surface area contributed by atoms with Crippen LogP contribution in [-0.4, -0.2) is 68.3 Å². The molecule has 1 amide bonds. The van der Waals surface area contributed by atoms with Gasteiger partial charge >= 0.3 is 0 Å². The third kappa shape index (κ3) is 5.21. The lowest BCUT2D eigenvalue weighted by atomic mass is 9.97. The van der Waals surface area contributed by atoms with Crippen LogP contribution in [0.3, 0.4) is 0 Å². The molecule has 0 radical (unpaired) electrons. The Morgan fingerprint density at radius 3 is 2.50 bits per heavy atom. The molecule has 3 rings (SSSR count). The summed E-state index contributed by atoms with van der Waals surface area (Å²) in [4.78, 5) is 16.5. The molecule has 132 valence electrons. The summed E-state index contributed by atoms with van der Waals surface area (Å²) in [6.45, 7) is 6.66. The number of para-hydroxylation sites is 1. The molecule has 2 aliphatic rings. The number of nitrogens with zero attached hydrogens (tertiary/aromatic N) is 2. The van der Waals surface area contributed by atoms with Gasteiger partial charge < -0.3 is 19.3 Å². The van der Waals surface area contributed by atoms with Gasteiger partial charge in [-0.15, -0.1) is 0 Å². The minimum atomic E-state index is 0.271. The summed E-state index contributed by atoms with van der Waals surface area (Å²) in [6, 6.07) is 10.0. The molecule has 0 N–H and O–H groups in total. The van der Waals surface area contributed by atoms with E-state index in [1.165, 1.54) is 0 Å². The summed E-state index contributed by atoms with van der Waals surface area (Å²) in [6.07, 6.45) is 2.93. The van der Waals surface area contributed by atoms with Crippen molar-refractivity contribution in [3.8, 4) is 5.75 Å². The summed E-state index contributed by atoms with van der Waals surface area (Å²) in [5.74, 6) is 1.85. The largest absolute Gasteiger partial charge is 0.493 e. The molecule has 0 aliphatic carbocycles. The van der Waals surface area contributed by atoms with E-state index in [2.05, 4.69) is 4.90 Å². The number of rotatable bonds is 6. The zero-order valence-corrected chi connectivity index (χ0v) is 14.4. The Labute approximate surface area is 144 Å². The predicted molar refractivity (Wildman–Crippen MR) is 93.1 cm³/mol. The zero-order valence-electron chi connectivity index (χ0n) is 14.4. The van der Waals surface area contributed by atoms with Crippen molar-refractivity contribution in [3.63, 3.8) is 0 Å². The number of piperidine rings is 1. The molecule has 0 unspecified atom stereocenters. The van der Waals surface area contributed by atoms with E-state index < -0.39 is 0 Å². The molecule has 5 heteroatoms. The maximum absolute atomic E-state index is 12.2. The average molecular weight is 332 g/mol. The van der Waals surface area contributed by atoms with Crippen molar-refractivity contribution >= 4 is 5.91 Å². The average Bonchev–Trinajstić information content (AvgIpc) is 2.67. The van der Waals surface area contributed by atoms with Crippen molar-refractivity contribution in [2.75, 3.05) is 52.5 Å². The van der Waals surface area contributed by atoms with Gasteiger partial charge in [-0.1, -0.05) is 18.2 Å². The molecule has 0 saturated carbocycles. The van der Waals surface area contributed by atoms with Crippen LogP contribution in [-0.2, 0) is 9.53 Å². The van der Waals surface area contributed by atoms with Crippen molar-refractivity contribution < 1.29 is 14.3 Å². The monoisotopic (exact) mass is 332 g/mol. The standard InChI is InChI=1S/C19H28N2O3/c22-19(21-12-14-23-15-13-21)8-11-20-9-6-17(7-10-20)16-24-18-4-2-1-3-5-18/h1-5,17H,6-16H2. The molecular weight excluding hydrogens is 304 g/mol. The molecule has 24 heavy (non-hydrogen) atoms. The molecule has 2 aliphatic heterocycles. The summed E-state index contributed by atoms with van der Waals surface area (Å²) in [7, 11) is 0. The number of morpholine rings is 1. The summed E-state index contributed by atoms with van der Waals surface area (Å²) in [5.41, 5.74) is 0. The summed E-state index contributed by atoms with van der Waals surface area (Å²) < 4.78 is 11.2. The molecule has 0 spiro atoms. The second kappa shape index (κ2) is 9.04. The number of hydrogen-bond acceptors (Lipinski definition) is 4. The molecular formula is C19H28N2O3. The molecule has 2 heterocycles. The first-order valence-electron chi connectivity index (χ1n) is 9.07. The normalized spacial score (nSPS) is 20.1. The maximum Gasteiger partial charge on any atom is 0.224 e. The van der Waals surface area contributed by atoms with E-state index in [-0.39, 0.29) is 5.91 Å². The lowest BCUT2D eigenvalue weighted by molar-refractivity contribution is -0.135. The lowest BCUT2D eigenvalue weighted by Gasteiger charge is -2.32. The SMILES string of the molecule is O=C(CCN1CCC(COc2ccccc2)CC1)N1CCOCC1. The van der Waals surface area contributed by atoms with E-state index in [4.69, 9.17) is 9.47 Å². The Bertz CT molecular complexity index is 495. The number of likely N-dealkylation sites (tertiary alicyclic amines) is 1. The van der Waals surface area contributed by atoms with Crippen LogP contribution >= 0.6 is 0 Å². The molecule has 5 nitrogen and oxygen atoms in total. The van der Waals surface area contributed by atoms with Crippen molar-refractivity contribution in [2.24, 2.45) is 5.92 Å². The first kappa shape index (κ1) is 17.2. The highest BCUT2D eigenvalue weighted by Gasteiger charge is 2.22. The van der Waals surface area contributed by atoms with Crippen LogP contribution in [0.5, 0.6) is 5.75 Å². The molecule has 1 aromatic carbocycles. The first-order valence-corrected chi connectivity index (χ1v) is 9.07. The minimum absolute atomic E-state index is 0.271. The van der Waals surface area contributed by atoms with Crippen LogP contribution in [0.1, 0.15) is 19.3 Å². The van der Waals surface area contributed by atoms with Gasteiger partial charge in [-0.2, -0.15) is 0 Å². The first-order chi connectivity index (χ1) is 11.8. The van der Waals surface area contributed by atoms with Crippen molar-refractivity contribution in [1.29, 1.82) is 0 Å². The Kier molecular flexibility index (Phi) is 6.49. The van der Waals surface area contributed by atoms with Gasteiger partial charge in [0, 0.05) is 26.1 Å². The smallest absolute Gasteiger partial charge is 0.224 e. The quantitative estimate of drug-likeness (QED) is 0.799. The second-order valence-corrected chi connectivity index (χ2v) is 6.65. The van der Waals surface area contributed by atoms with Crippen LogP contribution in [0.15, 0.2) is 30.3 Å². The Morgan fingerprint density at radius 2 is 1.79 bits per heavy atom. The zero-order chi connectivity index (χ0) is 16.6. The Hall–Kier alpha value is -1.59. The fourth-order valence-electron chi connectivity index (χ4n) is 3.33. The fraction of sp³-hybridized carbons (Fsp3) is 0.632. The number of carbonyl (C=O) groups is 1. The molecule has 2 fully saturated rings. The molecule has 1 aromatic rings. The van der Waals surface area contributed by atoms with Gasteiger partial charge in [-0.25, -0.2) is 0 Å². The molecule has 0 aromatic heterocycles. The van der Waals surface area contributed by atoms with Crippen molar-refractivity contribution in [1.82, 2.24) is 9.80 Å². The van der Waals surface area contributed by atoms with E-state index in [0.29, 0.717) is 25.6 Å². The highest BCUT2D eigenvalue weighted by Crippen LogP contribution is 2.19. The van der Waals surface area contributed by atoms with Crippen LogP contribution in [0, 0.1) is 5.92 Å². The van der Waals surface area contributed by atoms with Gasteiger partial charge in [0.25, 0.3) is 0 Å². The predicted octanol–water partition coefficient (Wildman–Crippen LogP) is 2.03. The highest BCUT2D eigenvalue weighted by atomic mass is 16.5. The van der Waals surface area contributed by atoms with Crippen molar-refractivity contribution in [3.05, 3.63) is 30.3 Å². The second-order valence-electron chi connectivity index (χ2n) is 6.65. The number of benzene rings is 1. The molecule has 0 bridgehead atoms. The topological polar surface area (TPSA) is 42.0 Å². The van der Waals surface area contributed by atoms with Gasteiger partial charge in [-0.05, 0) is 44.0 Å². The van der Waals surface area contributed by atoms with E-state index in [1.807, 2.05) is 35.2 Å². The highest BCUT2D eigenvalue weighted by molar-refractivity contribution is 5.76. The Balaban J connectivity index is 1.31. The minimum Gasteiger partial charge on any atom is -0.493 e. The third-order valence-corrected chi connectivity index (χ3v) is 4.94. The van der Waals surface area contributed by atoms with Gasteiger partial charge in [-0.3, -0.25) is 4.79 Å². The van der Waals surface area contributed by atoms with Crippen molar-refractivity contribution in [2.45, 2.75) is 19.3 Å². The number of amides is 1. The number of hydrogen-bond donors (Lipinski definition) is 0. The maximum atomic E-state index is 12.2. The van der Waals surface area contributed by atoms with Crippen LogP contribution in [0.2, 0.25) is 0 Å². The van der Waals surface area contributed by atoms with E-state index >= 15 is 0 Å². The van der Waals surface area contributed by atoms with Crippen LogP contribution in [0.4, 0.5) is 0 Å². The van der Waals surface area contributed by atoms with E-state index in [0.717, 1.165) is 57.9 Å². The summed E-state index contributed by atoms with van der Waals surface area (Å²) >= 11 is 0. The number of ether oxygens (including phenoxy) is 2.